The number of nitrogens with zero attached hydrogens (tertiary/aromatic N) is 1. The Morgan fingerprint density at radius 3 is 2.38 bits per heavy atom. The van der Waals surface area contributed by atoms with Crippen LogP contribution >= 0.6 is 0 Å². The molecule has 24 heavy (non-hydrogen) atoms. The topological polar surface area (TPSA) is 7.68 Å². The number of nitrogens with one attached hydrogen (secondary N) is 1. The predicted octanol–water partition coefficient (Wildman–Crippen LogP) is 4.08. The minimum atomic E-state index is 1.08. The van der Waals surface area contributed by atoms with Crippen LogP contribution in [0.1, 0.15) is 19.4 Å². The molecule has 2 aromatic rings. The Labute approximate surface area is 146 Å². The Balaban J connectivity index is 0.000000178. The number of benzene rings is 2. The standard InChI is InChI=1S/C12H11N.C10H17N/c1-13-8-10-6-2-4-9-5-3-7-11(13)12(9)10;1-6-10(11(4)5)8-7-9(2)3/h2-7H,8H2,1H3;6-8H,2H2,1,3-5H3/p+1/b;8-7-,10-6+. The summed E-state index contributed by atoms with van der Waals surface area (Å²) in [4.78, 5) is 3.58. The fourth-order valence-corrected chi connectivity index (χ4v) is 3.03. The van der Waals surface area contributed by atoms with Gasteiger partial charge in [-0.15, -0.1) is 0 Å². The summed E-state index contributed by atoms with van der Waals surface area (Å²) in [6, 6.07) is 13.2. The average Bonchev–Trinajstić information content (AvgIpc) is 2.87. The molecule has 1 atom stereocenters. The molecule has 0 aliphatic carbocycles. The van der Waals surface area contributed by atoms with Crippen LogP contribution in [0.25, 0.3) is 10.8 Å². The normalized spacial score (nSPS) is 16.2. The van der Waals surface area contributed by atoms with E-state index >= 15 is 0 Å². The number of quaternary nitrogens is 1. The molecule has 2 heteroatoms. The van der Waals surface area contributed by atoms with Crippen LogP contribution in [0.5, 0.6) is 0 Å². The maximum absolute atomic E-state index is 3.79. The zero-order valence-corrected chi connectivity index (χ0v) is 15.6. The molecule has 0 saturated carbocycles. The van der Waals surface area contributed by atoms with Gasteiger partial charge in [0.15, 0.2) is 0 Å². The smallest absolute Gasteiger partial charge is 0.139 e. The van der Waals surface area contributed by atoms with Gasteiger partial charge in [0.1, 0.15) is 12.2 Å². The molecule has 1 aliphatic rings. The van der Waals surface area contributed by atoms with Gasteiger partial charge in [0.05, 0.1) is 12.4 Å². The molecule has 1 N–H and O–H groups in total. The summed E-state index contributed by atoms with van der Waals surface area (Å²) in [5, 5.41) is 2.86. The maximum atomic E-state index is 3.79. The van der Waals surface area contributed by atoms with Gasteiger partial charge >= 0.3 is 0 Å². The molecule has 0 bridgehead atoms. The lowest BCUT2D eigenvalue weighted by atomic mass is 10.1. The summed E-state index contributed by atoms with van der Waals surface area (Å²) < 4.78 is 0. The van der Waals surface area contributed by atoms with Crippen LogP contribution in [-0.2, 0) is 6.54 Å². The van der Waals surface area contributed by atoms with Crippen molar-refractivity contribution >= 4 is 16.5 Å². The monoisotopic (exact) mass is 321 g/mol. The first-order chi connectivity index (χ1) is 11.4. The lowest BCUT2D eigenvalue weighted by molar-refractivity contribution is -0.820. The van der Waals surface area contributed by atoms with Crippen molar-refractivity contribution in [2.75, 3.05) is 21.1 Å². The van der Waals surface area contributed by atoms with Crippen LogP contribution in [0, 0.1) is 0 Å². The third-order valence-electron chi connectivity index (χ3n) is 4.26. The number of likely N-dealkylation sites (N-methyl/N-ethyl adjacent to an activating group) is 1. The molecule has 2 aromatic carbocycles. The Bertz CT molecular complexity index is 776. The van der Waals surface area contributed by atoms with Crippen molar-refractivity contribution in [1.29, 1.82) is 0 Å². The molecule has 1 aliphatic heterocycles. The van der Waals surface area contributed by atoms with E-state index in [2.05, 4.69) is 67.1 Å². The van der Waals surface area contributed by atoms with E-state index < -0.39 is 0 Å². The molecule has 0 aromatic heterocycles. The molecular weight excluding hydrogens is 292 g/mol. The Hall–Kier alpha value is -2.32. The van der Waals surface area contributed by atoms with E-state index in [1.54, 1.807) is 0 Å². The molecule has 3 rings (SSSR count). The second-order valence-corrected chi connectivity index (χ2v) is 6.57. The fourth-order valence-electron chi connectivity index (χ4n) is 3.03. The van der Waals surface area contributed by atoms with Crippen LogP contribution in [0.3, 0.4) is 0 Å². The Kier molecular flexibility index (Phi) is 5.99. The first kappa shape index (κ1) is 18.0. The minimum absolute atomic E-state index is 1.08. The molecule has 0 radical (unpaired) electrons. The molecule has 0 fully saturated rings. The van der Waals surface area contributed by atoms with E-state index in [1.165, 1.54) is 32.6 Å². The Morgan fingerprint density at radius 1 is 1.12 bits per heavy atom. The van der Waals surface area contributed by atoms with Crippen molar-refractivity contribution < 1.29 is 4.90 Å². The van der Waals surface area contributed by atoms with Crippen LogP contribution in [0.4, 0.5) is 5.69 Å². The Morgan fingerprint density at radius 2 is 1.79 bits per heavy atom. The van der Waals surface area contributed by atoms with Crippen molar-refractivity contribution in [1.82, 2.24) is 4.90 Å². The summed E-state index contributed by atoms with van der Waals surface area (Å²) in [5.74, 6) is 0. The van der Waals surface area contributed by atoms with Gasteiger partial charge < -0.3 is 9.80 Å². The van der Waals surface area contributed by atoms with Crippen LogP contribution in [0.15, 0.2) is 72.5 Å². The summed E-state index contributed by atoms with van der Waals surface area (Å²) in [7, 11) is 6.28. The lowest BCUT2D eigenvalue weighted by Gasteiger charge is -2.12. The van der Waals surface area contributed by atoms with Gasteiger partial charge in [-0.1, -0.05) is 54.6 Å². The van der Waals surface area contributed by atoms with E-state index in [-0.39, 0.29) is 0 Å². The molecule has 1 heterocycles. The van der Waals surface area contributed by atoms with Crippen molar-refractivity contribution in [2.45, 2.75) is 20.4 Å². The average molecular weight is 321 g/mol. The number of hydrogen-bond acceptors (Lipinski definition) is 1. The van der Waals surface area contributed by atoms with Crippen molar-refractivity contribution in [2.24, 2.45) is 0 Å². The number of rotatable bonds is 3. The summed E-state index contributed by atoms with van der Waals surface area (Å²) in [6.45, 7) is 8.94. The van der Waals surface area contributed by atoms with E-state index in [1.807, 2.05) is 34.0 Å². The van der Waals surface area contributed by atoms with E-state index in [4.69, 9.17) is 0 Å². The second-order valence-electron chi connectivity index (χ2n) is 6.57. The number of allylic oxidation sites excluding steroid dienone is 4. The van der Waals surface area contributed by atoms with E-state index in [0.29, 0.717) is 0 Å². The van der Waals surface area contributed by atoms with Gasteiger partial charge in [0.2, 0.25) is 0 Å². The quantitative estimate of drug-likeness (QED) is 0.837. The van der Waals surface area contributed by atoms with Crippen LogP contribution < -0.4 is 4.90 Å². The summed E-state index contributed by atoms with van der Waals surface area (Å²) in [6.07, 6.45) is 6.14. The molecule has 0 saturated heterocycles. The minimum Gasteiger partial charge on any atom is -0.378 e. The van der Waals surface area contributed by atoms with Crippen LogP contribution in [-0.4, -0.2) is 26.0 Å². The molecule has 1 unspecified atom stereocenters. The summed E-state index contributed by atoms with van der Waals surface area (Å²) >= 11 is 0. The highest BCUT2D eigenvalue weighted by Gasteiger charge is 2.21. The van der Waals surface area contributed by atoms with Crippen LogP contribution in [0.2, 0.25) is 0 Å². The van der Waals surface area contributed by atoms with Crippen molar-refractivity contribution in [3.8, 4) is 0 Å². The maximum Gasteiger partial charge on any atom is 0.139 e. The number of hydrogen-bond donors (Lipinski definition) is 1. The molecular formula is C22H29N2+. The highest BCUT2D eigenvalue weighted by molar-refractivity contribution is 5.94. The van der Waals surface area contributed by atoms with E-state index in [9.17, 15) is 0 Å². The highest BCUT2D eigenvalue weighted by Crippen LogP contribution is 2.27. The van der Waals surface area contributed by atoms with Gasteiger partial charge in [-0.25, -0.2) is 0 Å². The lowest BCUT2D eigenvalue weighted by Crippen LogP contribution is -3.01. The fraction of sp³-hybridized carbons (Fsp3) is 0.273. The third kappa shape index (κ3) is 4.15. The van der Waals surface area contributed by atoms with Gasteiger partial charge in [-0.05, 0) is 31.4 Å². The molecule has 2 nitrogen and oxygen atoms in total. The highest BCUT2D eigenvalue weighted by atomic mass is 15.1. The molecule has 0 amide bonds. The van der Waals surface area contributed by atoms with Crippen molar-refractivity contribution in [3.63, 3.8) is 0 Å². The first-order valence-corrected chi connectivity index (χ1v) is 8.44. The summed E-state index contributed by atoms with van der Waals surface area (Å²) in [5.41, 5.74) is 5.22. The second kappa shape index (κ2) is 7.98. The zero-order chi connectivity index (χ0) is 17.7. The SMILES string of the molecule is C=C(C)/C=C\C(=C/C)N(C)C.C[NH+]1Cc2cccc3cccc1c23. The largest absolute Gasteiger partial charge is 0.378 e. The molecule has 126 valence electrons. The van der Waals surface area contributed by atoms with Crippen molar-refractivity contribution in [3.05, 3.63) is 78.0 Å². The van der Waals surface area contributed by atoms with Gasteiger partial charge in [0.25, 0.3) is 0 Å². The van der Waals surface area contributed by atoms with Gasteiger partial charge in [-0.3, -0.25) is 0 Å². The third-order valence-corrected chi connectivity index (χ3v) is 4.26. The van der Waals surface area contributed by atoms with Gasteiger partial charge in [-0.2, -0.15) is 0 Å². The zero-order valence-electron chi connectivity index (χ0n) is 15.6. The first-order valence-electron chi connectivity index (χ1n) is 8.44. The van der Waals surface area contributed by atoms with Gasteiger partial charge in [0, 0.05) is 25.4 Å². The predicted molar refractivity (Wildman–Crippen MR) is 106 cm³/mol. The molecule has 0 spiro atoms. The van der Waals surface area contributed by atoms with E-state index in [0.717, 1.165) is 12.1 Å².